The fourth-order valence-corrected chi connectivity index (χ4v) is 5.46. The van der Waals surface area contributed by atoms with E-state index in [1.54, 1.807) is 20.8 Å². The number of carbonyl (C=O) groups is 2. The van der Waals surface area contributed by atoms with Gasteiger partial charge in [0.05, 0.1) is 11.7 Å². The van der Waals surface area contributed by atoms with Gasteiger partial charge < -0.3 is 10.1 Å². The summed E-state index contributed by atoms with van der Waals surface area (Å²) in [6.07, 6.45) is -3.27. The fraction of sp³-hybridized carbons (Fsp3) is 0.667. The standard InChI is InChI=1S/C21H26F3N3O3/c1-19(2,3)30-18(29)27-10-12-7-8-13(20(12)9-16(28)25-11-20)17(27)14-5-4-6-15(26-14)21(22,23)24/h4-6,12-13,17H,7-11H2,1-3H3,(H,25,28). The van der Waals surface area contributed by atoms with Crippen molar-refractivity contribution >= 4 is 12.0 Å². The number of hydrogen-bond donors (Lipinski definition) is 1. The number of hydrogen-bond acceptors (Lipinski definition) is 4. The van der Waals surface area contributed by atoms with E-state index < -0.39 is 29.6 Å². The van der Waals surface area contributed by atoms with E-state index in [-0.39, 0.29) is 28.9 Å². The van der Waals surface area contributed by atoms with E-state index in [0.717, 1.165) is 18.9 Å². The number of amides is 2. The molecule has 9 heteroatoms. The molecule has 6 nitrogen and oxygen atoms in total. The molecule has 3 aliphatic rings. The quantitative estimate of drug-likeness (QED) is 0.740. The first-order valence-corrected chi connectivity index (χ1v) is 10.2. The van der Waals surface area contributed by atoms with Crippen LogP contribution in [-0.2, 0) is 15.7 Å². The first-order valence-electron chi connectivity index (χ1n) is 10.2. The Kier molecular flexibility index (Phi) is 4.78. The summed E-state index contributed by atoms with van der Waals surface area (Å²) in [6.45, 7) is 6.08. The Hall–Kier alpha value is -2.32. The Labute approximate surface area is 173 Å². The third-order valence-corrected chi connectivity index (χ3v) is 6.61. The molecule has 0 radical (unpaired) electrons. The number of alkyl halides is 3. The van der Waals surface area contributed by atoms with Gasteiger partial charge in [0, 0.05) is 24.9 Å². The van der Waals surface area contributed by atoms with Crippen LogP contribution in [0.2, 0.25) is 0 Å². The highest BCUT2D eigenvalue weighted by Crippen LogP contribution is 2.61. The van der Waals surface area contributed by atoms with Gasteiger partial charge in [-0.15, -0.1) is 0 Å². The van der Waals surface area contributed by atoms with Gasteiger partial charge in [-0.3, -0.25) is 9.69 Å². The van der Waals surface area contributed by atoms with Crippen LogP contribution in [0.15, 0.2) is 18.2 Å². The second-order valence-corrected chi connectivity index (χ2v) is 9.59. The van der Waals surface area contributed by atoms with Crippen molar-refractivity contribution in [3.05, 3.63) is 29.6 Å². The molecule has 4 rings (SSSR count). The van der Waals surface area contributed by atoms with Crippen LogP contribution in [0.5, 0.6) is 0 Å². The lowest BCUT2D eigenvalue weighted by Crippen LogP contribution is -2.54. The highest BCUT2D eigenvalue weighted by molar-refractivity contribution is 5.79. The minimum atomic E-state index is -4.58. The molecule has 2 amide bonds. The molecule has 4 atom stereocenters. The van der Waals surface area contributed by atoms with E-state index in [1.807, 2.05) is 0 Å². The molecular formula is C21H26F3N3O3. The summed E-state index contributed by atoms with van der Waals surface area (Å²) >= 11 is 0. The molecule has 3 fully saturated rings. The zero-order chi connectivity index (χ0) is 21.9. The fourth-order valence-electron chi connectivity index (χ4n) is 5.46. The van der Waals surface area contributed by atoms with Crippen LogP contribution in [0.3, 0.4) is 0 Å². The number of nitrogens with zero attached hydrogens (tertiary/aromatic N) is 2. The molecule has 30 heavy (non-hydrogen) atoms. The molecule has 1 spiro atoms. The monoisotopic (exact) mass is 425 g/mol. The highest BCUT2D eigenvalue weighted by atomic mass is 19.4. The zero-order valence-corrected chi connectivity index (χ0v) is 17.3. The average molecular weight is 425 g/mol. The summed E-state index contributed by atoms with van der Waals surface area (Å²) in [7, 11) is 0. The van der Waals surface area contributed by atoms with Crippen LogP contribution in [0.25, 0.3) is 0 Å². The molecule has 2 aliphatic heterocycles. The Bertz CT molecular complexity index is 867. The SMILES string of the molecule is CC(C)(C)OC(=O)N1CC2CCC(C1c1cccc(C(F)(F)F)n1)C21CNC(=O)C1. The Morgan fingerprint density at radius 2 is 2.00 bits per heavy atom. The summed E-state index contributed by atoms with van der Waals surface area (Å²) in [6, 6.07) is 3.12. The summed E-state index contributed by atoms with van der Waals surface area (Å²) in [5.74, 6) is -0.122. The van der Waals surface area contributed by atoms with Crippen LogP contribution in [0.4, 0.5) is 18.0 Å². The van der Waals surface area contributed by atoms with Gasteiger partial charge in [-0.2, -0.15) is 13.2 Å². The second kappa shape index (κ2) is 6.85. The van der Waals surface area contributed by atoms with Gasteiger partial charge in [0.1, 0.15) is 11.3 Å². The molecule has 2 bridgehead atoms. The largest absolute Gasteiger partial charge is 0.444 e. The van der Waals surface area contributed by atoms with Crippen molar-refractivity contribution in [2.24, 2.45) is 17.3 Å². The number of carbonyl (C=O) groups excluding carboxylic acids is 2. The number of likely N-dealkylation sites (tertiary alicyclic amines) is 1. The zero-order valence-electron chi connectivity index (χ0n) is 17.3. The minimum Gasteiger partial charge on any atom is -0.444 e. The summed E-state index contributed by atoms with van der Waals surface area (Å²) in [5.41, 5.74) is -1.89. The molecule has 1 aromatic heterocycles. The van der Waals surface area contributed by atoms with Crippen molar-refractivity contribution in [1.29, 1.82) is 0 Å². The number of aromatic nitrogens is 1. The van der Waals surface area contributed by atoms with Crippen molar-refractivity contribution in [2.45, 2.75) is 57.9 Å². The van der Waals surface area contributed by atoms with Gasteiger partial charge in [0.15, 0.2) is 0 Å². The number of piperidine rings is 1. The van der Waals surface area contributed by atoms with E-state index in [0.29, 0.717) is 19.5 Å². The van der Waals surface area contributed by atoms with E-state index in [1.165, 1.54) is 17.0 Å². The number of rotatable bonds is 1. The number of nitrogens with one attached hydrogen (secondary N) is 1. The summed E-state index contributed by atoms with van der Waals surface area (Å²) in [5, 5.41) is 2.90. The predicted molar refractivity (Wildman–Crippen MR) is 101 cm³/mol. The highest BCUT2D eigenvalue weighted by Gasteiger charge is 2.62. The molecule has 1 aliphatic carbocycles. The van der Waals surface area contributed by atoms with Crippen molar-refractivity contribution in [2.75, 3.05) is 13.1 Å². The lowest BCUT2D eigenvalue weighted by atomic mass is 9.65. The third-order valence-electron chi connectivity index (χ3n) is 6.61. The van der Waals surface area contributed by atoms with Crippen molar-refractivity contribution in [1.82, 2.24) is 15.2 Å². The second-order valence-electron chi connectivity index (χ2n) is 9.59. The lowest BCUT2D eigenvalue weighted by Gasteiger charge is -2.49. The molecule has 1 aromatic rings. The van der Waals surface area contributed by atoms with E-state index in [4.69, 9.17) is 4.74 Å². The first-order chi connectivity index (χ1) is 13.9. The van der Waals surface area contributed by atoms with E-state index in [9.17, 15) is 22.8 Å². The Morgan fingerprint density at radius 3 is 2.60 bits per heavy atom. The molecule has 4 unspecified atom stereocenters. The predicted octanol–water partition coefficient (Wildman–Crippen LogP) is 3.92. The molecule has 1 N–H and O–H groups in total. The van der Waals surface area contributed by atoms with Crippen LogP contribution < -0.4 is 5.32 Å². The molecule has 1 saturated carbocycles. The maximum absolute atomic E-state index is 13.3. The third kappa shape index (κ3) is 3.52. The van der Waals surface area contributed by atoms with Gasteiger partial charge >= 0.3 is 12.3 Å². The van der Waals surface area contributed by atoms with Crippen molar-refractivity contribution in [3.8, 4) is 0 Å². The summed E-state index contributed by atoms with van der Waals surface area (Å²) < 4.78 is 45.5. The van der Waals surface area contributed by atoms with Gasteiger partial charge in [-0.05, 0) is 57.6 Å². The van der Waals surface area contributed by atoms with E-state index >= 15 is 0 Å². The normalized spacial score (nSPS) is 31.2. The lowest BCUT2D eigenvalue weighted by molar-refractivity contribution is -0.141. The van der Waals surface area contributed by atoms with Crippen LogP contribution in [0.1, 0.15) is 57.5 Å². The molecular weight excluding hydrogens is 399 g/mol. The maximum atomic E-state index is 13.3. The van der Waals surface area contributed by atoms with Crippen LogP contribution >= 0.6 is 0 Å². The Morgan fingerprint density at radius 1 is 1.27 bits per heavy atom. The molecule has 164 valence electrons. The Balaban J connectivity index is 1.77. The van der Waals surface area contributed by atoms with Crippen molar-refractivity contribution in [3.63, 3.8) is 0 Å². The summed E-state index contributed by atoms with van der Waals surface area (Å²) in [4.78, 5) is 30.6. The number of pyridine rings is 1. The maximum Gasteiger partial charge on any atom is 0.433 e. The van der Waals surface area contributed by atoms with Crippen LogP contribution in [0, 0.1) is 17.3 Å². The van der Waals surface area contributed by atoms with Gasteiger partial charge in [0.25, 0.3) is 0 Å². The van der Waals surface area contributed by atoms with E-state index in [2.05, 4.69) is 10.3 Å². The smallest absolute Gasteiger partial charge is 0.433 e. The van der Waals surface area contributed by atoms with Crippen molar-refractivity contribution < 1.29 is 27.5 Å². The van der Waals surface area contributed by atoms with Gasteiger partial charge in [0.2, 0.25) is 5.91 Å². The number of ether oxygens (including phenoxy) is 1. The number of halogens is 3. The van der Waals surface area contributed by atoms with Gasteiger partial charge in [-0.25, -0.2) is 9.78 Å². The molecule has 3 heterocycles. The minimum absolute atomic E-state index is 0.0478. The average Bonchev–Trinajstić information content (AvgIpc) is 3.08. The molecule has 0 aromatic carbocycles. The molecule has 2 saturated heterocycles. The van der Waals surface area contributed by atoms with Gasteiger partial charge in [-0.1, -0.05) is 6.07 Å². The first kappa shape index (κ1) is 20.9. The van der Waals surface area contributed by atoms with Crippen LogP contribution in [-0.4, -0.2) is 40.6 Å². The topological polar surface area (TPSA) is 71.5 Å².